The molecule has 3 heterocycles. The number of urea groups is 1. The van der Waals surface area contributed by atoms with Crippen LogP contribution in [-0.4, -0.2) is 58.2 Å². The molecule has 3 aromatic rings. The van der Waals surface area contributed by atoms with Crippen molar-refractivity contribution < 1.29 is 18.4 Å². The highest BCUT2D eigenvalue weighted by atomic mass is 19.1. The highest BCUT2D eigenvalue weighted by Crippen LogP contribution is 2.20. The number of carbonyl (C=O) groups excluding carboxylic acids is 2. The van der Waals surface area contributed by atoms with Crippen LogP contribution in [0.2, 0.25) is 0 Å². The summed E-state index contributed by atoms with van der Waals surface area (Å²) in [7, 11) is 0. The lowest BCUT2D eigenvalue weighted by Gasteiger charge is -2.35. The molecular weight excluding hydrogens is 491 g/mol. The number of nitrogens with zero attached hydrogens (tertiary/aromatic N) is 5. The summed E-state index contributed by atoms with van der Waals surface area (Å²) < 4.78 is 19.4. The number of piperazine rings is 1. The quantitative estimate of drug-likeness (QED) is 0.445. The number of aromatic nitrogens is 3. The molecule has 0 radical (unpaired) electrons. The molecule has 0 saturated carbocycles. The normalized spacial score (nSPS) is 15.3. The third kappa shape index (κ3) is 6.03. The number of rotatable bonds is 6. The Morgan fingerprint density at radius 2 is 1.76 bits per heavy atom. The van der Waals surface area contributed by atoms with Crippen molar-refractivity contribution in [3.05, 3.63) is 90.4 Å². The van der Waals surface area contributed by atoms with E-state index in [1.807, 2.05) is 30.3 Å². The maximum Gasteiger partial charge on any atom is 0.321 e. The van der Waals surface area contributed by atoms with E-state index in [1.165, 1.54) is 12.3 Å². The van der Waals surface area contributed by atoms with Gasteiger partial charge in [0, 0.05) is 31.9 Å². The van der Waals surface area contributed by atoms with Gasteiger partial charge in [0.05, 0.1) is 17.6 Å². The Labute approximate surface area is 217 Å². The van der Waals surface area contributed by atoms with E-state index in [0.717, 1.165) is 11.5 Å². The summed E-state index contributed by atoms with van der Waals surface area (Å²) in [4.78, 5) is 33.3. The predicted octanol–water partition coefficient (Wildman–Crippen LogP) is 4.18. The number of benzene rings is 1. The molecule has 194 valence electrons. The van der Waals surface area contributed by atoms with Crippen LogP contribution in [0.4, 0.5) is 32.4 Å². The molecule has 0 spiro atoms. The van der Waals surface area contributed by atoms with Gasteiger partial charge in [-0.3, -0.25) is 4.79 Å². The van der Waals surface area contributed by atoms with Crippen LogP contribution < -0.4 is 20.9 Å². The van der Waals surface area contributed by atoms with Gasteiger partial charge in [0.25, 0.3) is 0 Å². The van der Waals surface area contributed by atoms with Crippen LogP contribution in [-0.2, 0) is 0 Å². The van der Waals surface area contributed by atoms with Crippen molar-refractivity contribution in [2.45, 2.75) is 6.42 Å². The monoisotopic (exact) mass is 516 g/mol. The van der Waals surface area contributed by atoms with Gasteiger partial charge < -0.3 is 30.2 Å². The van der Waals surface area contributed by atoms with E-state index in [2.05, 4.69) is 36.0 Å². The van der Waals surface area contributed by atoms with Crippen LogP contribution in [0.1, 0.15) is 17.1 Å². The van der Waals surface area contributed by atoms with Crippen LogP contribution in [0.15, 0.2) is 88.9 Å². The molecule has 3 N–H and O–H groups in total. The number of para-hydroxylation sites is 1. The Balaban J connectivity index is 1.12. The molecule has 0 unspecified atom stereocenters. The van der Waals surface area contributed by atoms with Crippen molar-refractivity contribution in [1.29, 1.82) is 0 Å². The number of pyridine rings is 1. The molecule has 2 aromatic heterocycles. The number of anilines is 4. The first-order valence-electron chi connectivity index (χ1n) is 12.0. The van der Waals surface area contributed by atoms with Gasteiger partial charge >= 0.3 is 23.8 Å². The fourth-order valence-electron chi connectivity index (χ4n) is 3.89. The van der Waals surface area contributed by atoms with E-state index in [4.69, 9.17) is 4.42 Å². The minimum atomic E-state index is -0.620. The van der Waals surface area contributed by atoms with Crippen molar-refractivity contribution in [2.75, 3.05) is 47.0 Å². The average molecular weight is 517 g/mol. The Morgan fingerprint density at radius 1 is 0.947 bits per heavy atom. The summed E-state index contributed by atoms with van der Waals surface area (Å²) >= 11 is 0. The summed E-state index contributed by atoms with van der Waals surface area (Å²) in [5.74, 6) is -0.647. The molecule has 1 aliphatic heterocycles. The van der Waals surface area contributed by atoms with E-state index in [9.17, 15) is 14.0 Å². The standard InChI is InChI=1S/C26H25FN8O3/c27-20-9-5-2-6-10-21(20)31-25-33-32-24(38-25)23(36)29-19-11-12-22(28-17-19)34-13-15-35(16-14-34)26(37)30-18-7-3-1-4-8-18/h1-5,7-12,17H,6,13-16H2,(H,29,36)(H,30,37)(H,31,33). The minimum Gasteiger partial charge on any atom is -0.399 e. The van der Waals surface area contributed by atoms with Crippen LogP contribution >= 0.6 is 0 Å². The summed E-state index contributed by atoms with van der Waals surface area (Å²) in [5, 5.41) is 15.7. The molecule has 1 saturated heterocycles. The lowest BCUT2D eigenvalue weighted by molar-refractivity contribution is 0.0991. The topological polar surface area (TPSA) is 129 Å². The number of amides is 3. The molecule has 1 aliphatic carbocycles. The van der Waals surface area contributed by atoms with Gasteiger partial charge in [-0.05, 0) is 36.8 Å². The van der Waals surface area contributed by atoms with E-state index in [0.29, 0.717) is 38.3 Å². The fourth-order valence-corrected chi connectivity index (χ4v) is 3.89. The minimum absolute atomic E-state index is 0.100. The molecular formula is C26H25FN8O3. The lowest BCUT2D eigenvalue weighted by atomic mass is 10.3. The summed E-state index contributed by atoms with van der Waals surface area (Å²) in [6, 6.07) is 12.6. The van der Waals surface area contributed by atoms with Crippen molar-refractivity contribution >= 4 is 35.1 Å². The number of carbonyl (C=O) groups is 2. The molecule has 0 atom stereocenters. The Hall–Kier alpha value is -5.00. The second-order valence-corrected chi connectivity index (χ2v) is 8.46. The van der Waals surface area contributed by atoms with Crippen molar-refractivity contribution in [1.82, 2.24) is 20.1 Å². The first kappa shape index (κ1) is 24.7. The zero-order valence-corrected chi connectivity index (χ0v) is 20.3. The van der Waals surface area contributed by atoms with Gasteiger partial charge in [-0.1, -0.05) is 41.5 Å². The molecule has 5 rings (SSSR count). The van der Waals surface area contributed by atoms with Crippen LogP contribution in [0.5, 0.6) is 0 Å². The third-order valence-electron chi connectivity index (χ3n) is 5.88. The summed E-state index contributed by atoms with van der Waals surface area (Å²) in [6.45, 7) is 2.36. The maximum absolute atomic E-state index is 14.0. The predicted molar refractivity (Wildman–Crippen MR) is 140 cm³/mol. The molecule has 12 heteroatoms. The van der Waals surface area contributed by atoms with Gasteiger partial charge in [0.15, 0.2) is 0 Å². The van der Waals surface area contributed by atoms with E-state index in [1.54, 1.807) is 35.3 Å². The molecule has 1 aromatic carbocycles. The number of nitrogens with one attached hydrogen (secondary N) is 3. The molecule has 0 bridgehead atoms. The molecule has 3 amide bonds. The van der Waals surface area contributed by atoms with Crippen LogP contribution in [0.25, 0.3) is 0 Å². The summed E-state index contributed by atoms with van der Waals surface area (Å²) in [6.07, 6.45) is 8.42. The largest absolute Gasteiger partial charge is 0.399 e. The first-order chi connectivity index (χ1) is 18.5. The van der Waals surface area contributed by atoms with Gasteiger partial charge in [-0.25, -0.2) is 14.2 Å². The van der Waals surface area contributed by atoms with Crippen molar-refractivity contribution in [3.63, 3.8) is 0 Å². The SMILES string of the molecule is O=C(Nc1ccc(N2CCN(C(=O)Nc3ccccc3)CC2)nc1)c1nnc(NC2=CCC=CC=C2F)o1. The van der Waals surface area contributed by atoms with Crippen molar-refractivity contribution in [3.8, 4) is 0 Å². The second kappa shape index (κ2) is 11.4. The number of hydrogen-bond donors (Lipinski definition) is 3. The van der Waals surface area contributed by atoms with E-state index < -0.39 is 11.7 Å². The maximum atomic E-state index is 14.0. The number of hydrogen-bond acceptors (Lipinski definition) is 8. The smallest absolute Gasteiger partial charge is 0.321 e. The van der Waals surface area contributed by atoms with Crippen LogP contribution in [0, 0.1) is 0 Å². The van der Waals surface area contributed by atoms with Gasteiger partial charge in [-0.2, -0.15) is 0 Å². The zero-order valence-electron chi connectivity index (χ0n) is 20.3. The molecule has 11 nitrogen and oxygen atoms in total. The van der Waals surface area contributed by atoms with E-state index >= 15 is 0 Å². The van der Waals surface area contributed by atoms with Crippen LogP contribution in [0.3, 0.4) is 0 Å². The number of halogens is 1. The molecule has 38 heavy (non-hydrogen) atoms. The fraction of sp³-hybridized carbons (Fsp3) is 0.192. The summed E-state index contributed by atoms with van der Waals surface area (Å²) in [5.41, 5.74) is 1.38. The van der Waals surface area contributed by atoms with E-state index in [-0.39, 0.29) is 23.6 Å². The Bertz CT molecular complexity index is 1380. The third-order valence-corrected chi connectivity index (χ3v) is 5.88. The lowest BCUT2D eigenvalue weighted by Crippen LogP contribution is -2.50. The Morgan fingerprint density at radius 3 is 2.53 bits per heavy atom. The van der Waals surface area contributed by atoms with Gasteiger partial charge in [-0.15, -0.1) is 5.10 Å². The zero-order chi connectivity index (χ0) is 26.3. The Kier molecular flexibility index (Phi) is 7.39. The molecule has 2 aliphatic rings. The average Bonchev–Trinajstić information content (AvgIpc) is 3.32. The highest BCUT2D eigenvalue weighted by molar-refractivity contribution is 6.00. The number of allylic oxidation sites excluding steroid dienone is 5. The second-order valence-electron chi connectivity index (χ2n) is 8.46. The van der Waals surface area contributed by atoms with Gasteiger partial charge in [0.2, 0.25) is 0 Å². The highest BCUT2D eigenvalue weighted by Gasteiger charge is 2.22. The van der Waals surface area contributed by atoms with Crippen molar-refractivity contribution in [2.24, 2.45) is 0 Å². The first-order valence-corrected chi connectivity index (χ1v) is 12.0. The van der Waals surface area contributed by atoms with Gasteiger partial charge in [0.1, 0.15) is 11.6 Å². The molecule has 1 fully saturated rings.